The van der Waals surface area contributed by atoms with Gasteiger partial charge in [-0.05, 0) is 55.7 Å². The molecule has 3 aromatic rings. The molecule has 6 heteroatoms. The average molecular weight is 405 g/mol. The van der Waals surface area contributed by atoms with Crippen LogP contribution in [-0.4, -0.2) is 9.55 Å². The van der Waals surface area contributed by atoms with Gasteiger partial charge in [-0.25, -0.2) is 9.37 Å². The second-order valence-electron chi connectivity index (χ2n) is 5.94. The fourth-order valence-corrected chi connectivity index (χ4v) is 4.47. The van der Waals surface area contributed by atoms with Crippen molar-refractivity contribution in [1.29, 1.82) is 0 Å². The first-order valence-electron chi connectivity index (χ1n) is 7.62. The van der Waals surface area contributed by atoms with Crippen molar-refractivity contribution in [3.63, 3.8) is 0 Å². The van der Waals surface area contributed by atoms with E-state index >= 15 is 0 Å². The third-order valence-electron chi connectivity index (χ3n) is 4.47. The topological polar surface area (TPSA) is 34.9 Å². The molecule has 1 aliphatic rings. The molecule has 0 radical (unpaired) electrons. The average Bonchev–Trinajstić information content (AvgIpc) is 3.06. The van der Waals surface area contributed by atoms with Crippen molar-refractivity contribution in [1.82, 2.24) is 9.55 Å². The van der Waals surface area contributed by atoms with E-state index in [2.05, 4.69) is 15.9 Å². The predicted molar refractivity (Wildman–Crippen MR) is 99.9 cm³/mol. The highest BCUT2D eigenvalue weighted by Gasteiger charge is 2.23. The van der Waals surface area contributed by atoms with Crippen LogP contribution in [0.25, 0.3) is 21.9 Å². The van der Waals surface area contributed by atoms with E-state index in [0.717, 1.165) is 30.7 Å². The van der Waals surface area contributed by atoms with Crippen LogP contribution in [0.4, 0.5) is 4.39 Å². The Morgan fingerprint density at radius 2 is 2.17 bits per heavy atom. The van der Waals surface area contributed by atoms with Crippen molar-refractivity contribution < 1.29 is 4.39 Å². The van der Waals surface area contributed by atoms with Gasteiger partial charge in [0.1, 0.15) is 16.5 Å². The van der Waals surface area contributed by atoms with Crippen LogP contribution in [0.15, 0.2) is 27.5 Å². The van der Waals surface area contributed by atoms with Crippen molar-refractivity contribution in [3.05, 3.63) is 60.7 Å². The molecule has 24 heavy (non-hydrogen) atoms. The van der Waals surface area contributed by atoms with Crippen molar-refractivity contribution in [2.75, 3.05) is 0 Å². The summed E-state index contributed by atoms with van der Waals surface area (Å²) in [5.74, 6) is 0.378. The number of rotatable bonds is 1. The molecular formula is C18H14BrFN2OS. The summed E-state index contributed by atoms with van der Waals surface area (Å²) < 4.78 is 16.6. The maximum atomic E-state index is 14.0. The van der Waals surface area contributed by atoms with Crippen LogP contribution >= 0.6 is 27.3 Å². The maximum Gasteiger partial charge on any atom is 0.262 e. The van der Waals surface area contributed by atoms with E-state index in [-0.39, 0.29) is 11.4 Å². The van der Waals surface area contributed by atoms with Crippen LogP contribution in [-0.2, 0) is 6.54 Å². The molecule has 0 atom stereocenters. The molecule has 3 heterocycles. The van der Waals surface area contributed by atoms with Gasteiger partial charge in [0.05, 0.1) is 5.39 Å². The molecule has 0 aliphatic carbocycles. The third-order valence-corrected chi connectivity index (χ3v) is 6.06. The number of allylic oxidation sites excluding steroid dienone is 1. The first kappa shape index (κ1) is 15.7. The summed E-state index contributed by atoms with van der Waals surface area (Å²) in [6.07, 6.45) is 2.48. The van der Waals surface area contributed by atoms with Crippen molar-refractivity contribution >= 4 is 49.1 Å². The number of halogens is 2. The van der Waals surface area contributed by atoms with Gasteiger partial charge in [-0.2, -0.15) is 0 Å². The number of benzene rings is 1. The van der Waals surface area contributed by atoms with Gasteiger partial charge in [0.15, 0.2) is 0 Å². The summed E-state index contributed by atoms with van der Waals surface area (Å²) in [5.41, 5.74) is 2.42. The zero-order valence-electron chi connectivity index (χ0n) is 13.2. The van der Waals surface area contributed by atoms with Gasteiger partial charge in [0, 0.05) is 21.5 Å². The van der Waals surface area contributed by atoms with E-state index in [0.29, 0.717) is 24.4 Å². The highest BCUT2D eigenvalue weighted by Crippen LogP contribution is 2.32. The summed E-state index contributed by atoms with van der Waals surface area (Å²) in [7, 11) is 0. The van der Waals surface area contributed by atoms with Crippen LogP contribution in [0.1, 0.15) is 28.2 Å². The van der Waals surface area contributed by atoms with Gasteiger partial charge in [0.2, 0.25) is 0 Å². The molecule has 0 saturated carbocycles. The highest BCUT2D eigenvalue weighted by molar-refractivity contribution is 9.10. The van der Waals surface area contributed by atoms with E-state index < -0.39 is 0 Å². The number of thiophene rings is 1. The van der Waals surface area contributed by atoms with E-state index in [1.165, 1.54) is 17.4 Å². The number of fused-ring (bicyclic) bond motifs is 2. The molecule has 0 unspecified atom stereocenters. The number of aryl methyl sites for hydroxylation is 2. The van der Waals surface area contributed by atoms with E-state index in [1.54, 1.807) is 22.8 Å². The SMILES string of the molecule is Cc1sc2nc3n(c(=O)c2c1C)CC/C3=C/c1cc(Br)ccc1F. The Bertz CT molecular complexity index is 1080. The molecular weight excluding hydrogens is 391 g/mol. The van der Waals surface area contributed by atoms with Gasteiger partial charge in [-0.1, -0.05) is 15.9 Å². The van der Waals surface area contributed by atoms with Crippen LogP contribution in [0.2, 0.25) is 0 Å². The Labute approximate surface area is 150 Å². The van der Waals surface area contributed by atoms with Gasteiger partial charge in [-0.3, -0.25) is 9.36 Å². The minimum atomic E-state index is -0.282. The molecule has 1 aromatic carbocycles. The summed E-state index contributed by atoms with van der Waals surface area (Å²) in [5, 5.41) is 0.719. The van der Waals surface area contributed by atoms with Crippen LogP contribution in [0.5, 0.6) is 0 Å². The summed E-state index contributed by atoms with van der Waals surface area (Å²) >= 11 is 4.91. The van der Waals surface area contributed by atoms with Crippen LogP contribution < -0.4 is 5.56 Å². The fourth-order valence-electron chi connectivity index (χ4n) is 3.07. The Hall–Kier alpha value is -1.79. The van der Waals surface area contributed by atoms with Crippen LogP contribution in [0.3, 0.4) is 0 Å². The lowest BCUT2D eigenvalue weighted by molar-refractivity contribution is 0.625. The Balaban J connectivity index is 1.93. The zero-order valence-corrected chi connectivity index (χ0v) is 15.6. The van der Waals surface area contributed by atoms with Crippen molar-refractivity contribution in [2.24, 2.45) is 0 Å². The monoisotopic (exact) mass is 404 g/mol. The summed E-state index contributed by atoms with van der Waals surface area (Å²) in [6.45, 7) is 4.56. The molecule has 4 rings (SSSR count). The standard InChI is InChI=1S/C18H14BrFN2OS/c1-9-10(2)24-17-15(9)18(23)22-6-5-11(16(22)21-17)7-12-8-13(19)3-4-14(12)20/h3-4,7-8H,5-6H2,1-2H3/b11-7-. The number of hydrogen-bond donors (Lipinski definition) is 0. The molecule has 2 aromatic heterocycles. The van der Waals surface area contributed by atoms with Crippen molar-refractivity contribution in [3.8, 4) is 0 Å². The summed E-state index contributed by atoms with van der Waals surface area (Å²) in [6, 6.07) is 4.84. The molecule has 3 nitrogen and oxygen atoms in total. The lowest BCUT2D eigenvalue weighted by Crippen LogP contribution is -2.20. The molecule has 0 saturated heterocycles. The van der Waals surface area contributed by atoms with Crippen LogP contribution in [0, 0.1) is 19.7 Å². The lowest BCUT2D eigenvalue weighted by Gasteiger charge is -2.04. The first-order chi connectivity index (χ1) is 11.5. The third kappa shape index (κ3) is 2.36. The largest absolute Gasteiger partial charge is 0.292 e. The zero-order chi connectivity index (χ0) is 17.0. The molecule has 1 aliphatic heterocycles. The van der Waals surface area contributed by atoms with E-state index in [4.69, 9.17) is 4.98 Å². The molecule has 0 N–H and O–H groups in total. The van der Waals surface area contributed by atoms with E-state index in [9.17, 15) is 9.18 Å². The van der Waals surface area contributed by atoms with E-state index in [1.807, 2.05) is 13.8 Å². The van der Waals surface area contributed by atoms with Gasteiger partial charge < -0.3 is 0 Å². The Morgan fingerprint density at radius 1 is 1.38 bits per heavy atom. The number of nitrogens with zero attached hydrogens (tertiary/aromatic N) is 2. The van der Waals surface area contributed by atoms with Crippen molar-refractivity contribution in [2.45, 2.75) is 26.8 Å². The molecule has 0 bridgehead atoms. The molecule has 122 valence electrons. The molecule has 0 spiro atoms. The highest BCUT2D eigenvalue weighted by atomic mass is 79.9. The summed E-state index contributed by atoms with van der Waals surface area (Å²) in [4.78, 5) is 19.4. The Morgan fingerprint density at radius 3 is 2.96 bits per heavy atom. The second kappa shape index (κ2) is 5.63. The Kier molecular flexibility index (Phi) is 3.69. The normalized spacial score (nSPS) is 15.4. The molecule has 0 fully saturated rings. The minimum absolute atomic E-state index is 0.00923. The predicted octanol–water partition coefficient (Wildman–Crippen LogP) is 4.92. The second-order valence-corrected chi connectivity index (χ2v) is 8.06. The lowest BCUT2D eigenvalue weighted by atomic mass is 10.1. The fraction of sp³-hybridized carbons (Fsp3) is 0.222. The number of aromatic nitrogens is 2. The smallest absolute Gasteiger partial charge is 0.262 e. The van der Waals surface area contributed by atoms with Gasteiger partial charge in [-0.15, -0.1) is 11.3 Å². The quantitative estimate of drug-likeness (QED) is 0.576. The van der Waals surface area contributed by atoms with Gasteiger partial charge >= 0.3 is 0 Å². The molecule has 0 amide bonds. The number of hydrogen-bond acceptors (Lipinski definition) is 3. The van der Waals surface area contributed by atoms with Gasteiger partial charge in [0.25, 0.3) is 5.56 Å². The first-order valence-corrected chi connectivity index (χ1v) is 9.23. The maximum absolute atomic E-state index is 14.0. The minimum Gasteiger partial charge on any atom is -0.292 e.